The van der Waals surface area contributed by atoms with Crippen molar-refractivity contribution in [3.63, 3.8) is 0 Å². The first kappa shape index (κ1) is 14.2. The maximum absolute atomic E-state index is 10.8. The summed E-state index contributed by atoms with van der Waals surface area (Å²) in [4.78, 5) is 20.6. The molecule has 1 aromatic heterocycles. The Labute approximate surface area is 105 Å². The lowest BCUT2D eigenvalue weighted by atomic mass is 10.2. The molecule has 0 saturated carbocycles. The topological polar surface area (TPSA) is 95.8 Å². The Morgan fingerprint density at radius 3 is 2.89 bits per heavy atom. The lowest BCUT2D eigenvalue weighted by molar-refractivity contribution is -0.140. The first-order valence-corrected chi connectivity index (χ1v) is 5.54. The van der Waals surface area contributed by atoms with Gasteiger partial charge < -0.3 is 19.8 Å². The molecule has 7 heteroatoms. The van der Waals surface area contributed by atoms with E-state index in [2.05, 4.69) is 9.97 Å². The average Bonchev–Trinajstić information content (AvgIpc) is 2.36. The summed E-state index contributed by atoms with van der Waals surface area (Å²) in [5.74, 6) is -0.531. The monoisotopic (exact) mass is 255 g/mol. The smallest absolute Gasteiger partial charge is 0.308 e. The second-order valence-electron chi connectivity index (χ2n) is 3.91. The summed E-state index contributed by atoms with van der Waals surface area (Å²) in [5, 5.41) is 17.5. The summed E-state index contributed by atoms with van der Waals surface area (Å²) in [7, 11) is 1.74. The minimum Gasteiger partial charge on any atom is -0.481 e. The lowest BCUT2D eigenvalue weighted by Crippen LogP contribution is -2.29. The zero-order valence-electron chi connectivity index (χ0n) is 10.4. The fourth-order valence-corrected chi connectivity index (χ4v) is 1.32. The summed E-state index contributed by atoms with van der Waals surface area (Å²) in [6.45, 7) is 2.00. The van der Waals surface area contributed by atoms with Gasteiger partial charge in [-0.25, -0.2) is 0 Å². The van der Waals surface area contributed by atoms with Gasteiger partial charge in [-0.15, -0.1) is 0 Å². The fraction of sp³-hybridized carbons (Fsp3) is 0.545. The highest BCUT2D eigenvalue weighted by Crippen LogP contribution is 2.13. The number of nitrogens with zero attached hydrogens (tertiary/aromatic N) is 3. The standard InChI is InChI=1S/C11H17N3O4/c1-8(11(16)17)7-14(2)9-5-12-6-10(13-9)18-4-3-15/h5-6,8,15H,3-4,7H2,1-2H3,(H,16,17). The third-order valence-corrected chi connectivity index (χ3v) is 2.30. The van der Waals surface area contributed by atoms with Gasteiger partial charge >= 0.3 is 5.97 Å². The van der Waals surface area contributed by atoms with Crippen LogP contribution in [0.15, 0.2) is 12.4 Å². The Morgan fingerprint density at radius 2 is 2.28 bits per heavy atom. The van der Waals surface area contributed by atoms with Crippen LogP contribution in [0.2, 0.25) is 0 Å². The van der Waals surface area contributed by atoms with Crippen molar-refractivity contribution in [2.45, 2.75) is 6.92 Å². The van der Waals surface area contributed by atoms with Gasteiger partial charge in [0.1, 0.15) is 6.61 Å². The molecule has 0 spiro atoms. The largest absolute Gasteiger partial charge is 0.481 e. The van der Waals surface area contributed by atoms with Crippen LogP contribution in [0.4, 0.5) is 5.82 Å². The summed E-state index contributed by atoms with van der Waals surface area (Å²) in [6.07, 6.45) is 2.97. The molecule has 1 atom stereocenters. The highest BCUT2D eigenvalue weighted by molar-refractivity contribution is 5.70. The Hall–Kier alpha value is -1.89. The first-order chi connectivity index (χ1) is 8.54. The normalized spacial score (nSPS) is 11.9. The number of carbonyl (C=O) groups is 1. The van der Waals surface area contributed by atoms with Gasteiger partial charge in [0, 0.05) is 13.6 Å². The molecule has 1 aromatic rings. The van der Waals surface area contributed by atoms with Gasteiger partial charge in [0.25, 0.3) is 0 Å². The van der Waals surface area contributed by atoms with E-state index in [1.165, 1.54) is 12.4 Å². The van der Waals surface area contributed by atoms with Gasteiger partial charge in [-0.2, -0.15) is 4.98 Å². The van der Waals surface area contributed by atoms with Crippen LogP contribution in [-0.2, 0) is 4.79 Å². The molecule has 0 fully saturated rings. The molecular formula is C11H17N3O4. The maximum Gasteiger partial charge on any atom is 0.308 e. The number of anilines is 1. The molecule has 7 nitrogen and oxygen atoms in total. The third-order valence-electron chi connectivity index (χ3n) is 2.30. The minimum absolute atomic E-state index is 0.0994. The predicted octanol–water partition coefficient (Wildman–Crippen LogP) is 0.00460. The zero-order chi connectivity index (χ0) is 13.5. The average molecular weight is 255 g/mol. The molecule has 1 heterocycles. The quantitative estimate of drug-likeness (QED) is 0.708. The Morgan fingerprint density at radius 1 is 1.56 bits per heavy atom. The molecule has 0 aliphatic carbocycles. The van der Waals surface area contributed by atoms with Gasteiger partial charge in [-0.05, 0) is 0 Å². The van der Waals surface area contributed by atoms with E-state index in [0.717, 1.165) is 0 Å². The van der Waals surface area contributed by atoms with E-state index < -0.39 is 11.9 Å². The van der Waals surface area contributed by atoms with Crippen molar-refractivity contribution in [3.8, 4) is 5.88 Å². The number of carboxylic acid groups (broad SMARTS) is 1. The van der Waals surface area contributed by atoms with Crippen LogP contribution in [0.5, 0.6) is 5.88 Å². The van der Waals surface area contributed by atoms with Crippen molar-refractivity contribution < 1.29 is 19.7 Å². The first-order valence-electron chi connectivity index (χ1n) is 5.54. The van der Waals surface area contributed by atoms with Crippen molar-refractivity contribution in [2.24, 2.45) is 5.92 Å². The number of rotatable bonds is 7. The number of aliphatic hydroxyl groups excluding tert-OH is 1. The highest BCUT2D eigenvalue weighted by Gasteiger charge is 2.15. The SMILES string of the molecule is CC(CN(C)c1cncc(OCCO)n1)C(=O)O. The van der Waals surface area contributed by atoms with E-state index in [1.54, 1.807) is 18.9 Å². The van der Waals surface area contributed by atoms with Crippen LogP contribution in [0.1, 0.15) is 6.92 Å². The second-order valence-corrected chi connectivity index (χ2v) is 3.91. The van der Waals surface area contributed by atoms with Crippen LogP contribution < -0.4 is 9.64 Å². The molecule has 1 unspecified atom stereocenters. The Kier molecular flexibility index (Phi) is 5.31. The Bertz CT molecular complexity index is 400. The van der Waals surface area contributed by atoms with Gasteiger partial charge in [-0.1, -0.05) is 6.92 Å². The summed E-state index contributed by atoms with van der Waals surface area (Å²) < 4.78 is 5.13. The van der Waals surface area contributed by atoms with Crippen LogP contribution in [0, 0.1) is 5.92 Å². The molecule has 2 N–H and O–H groups in total. The van der Waals surface area contributed by atoms with Crippen molar-refractivity contribution in [1.29, 1.82) is 0 Å². The van der Waals surface area contributed by atoms with Crippen molar-refractivity contribution in [3.05, 3.63) is 12.4 Å². The molecule has 0 aliphatic rings. The van der Waals surface area contributed by atoms with Crippen LogP contribution >= 0.6 is 0 Å². The van der Waals surface area contributed by atoms with E-state index in [4.69, 9.17) is 14.9 Å². The summed E-state index contributed by atoms with van der Waals surface area (Å²) >= 11 is 0. The number of carboxylic acids is 1. The fourth-order valence-electron chi connectivity index (χ4n) is 1.32. The van der Waals surface area contributed by atoms with Gasteiger partial charge in [-0.3, -0.25) is 9.78 Å². The van der Waals surface area contributed by atoms with Crippen LogP contribution in [-0.4, -0.2) is 53.0 Å². The van der Waals surface area contributed by atoms with E-state index in [-0.39, 0.29) is 13.2 Å². The second kappa shape index (κ2) is 6.75. The molecule has 0 aliphatic heterocycles. The molecule has 100 valence electrons. The van der Waals surface area contributed by atoms with E-state index in [0.29, 0.717) is 18.2 Å². The van der Waals surface area contributed by atoms with Gasteiger partial charge in [0.05, 0.1) is 24.9 Å². The van der Waals surface area contributed by atoms with E-state index in [1.807, 2.05) is 0 Å². The molecular weight excluding hydrogens is 238 g/mol. The number of aromatic nitrogens is 2. The lowest BCUT2D eigenvalue weighted by Gasteiger charge is -2.20. The Balaban J connectivity index is 2.67. The number of aliphatic hydroxyl groups is 1. The molecule has 0 radical (unpaired) electrons. The van der Waals surface area contributed by atoms with Crippen molar-refractivity contribution >= 4 is 11.8 Å². The maximum atomic E-state index is 10.8. The van der Waals surface area contributed by atoms with Gasteiger partial charge in [0.15, 0.2) is 5.82 Å². The van der Waals surface area contributed by atoms with Crippen molar-refractivity contribution in [1.82, 2.24) is 9.97 Å². The molecule has 18 heavy (non-hydrogen) atoms. The molecule has 0 bridgehead atoms. The zero-order valence-corrected chi connectivity index (χ0v) is 10.4. The van der Waals surface area contributed by atoms with Crippen molar-refractivity contribution in [2.75, 3.05) is 31.7 Å². The molecule has 1 rings (SSSR count). The predicted molar refractivity (Wildman–Crippen MR) is 64.7 cm³/mol. The number of ether oxygens (including phenoxy) is 1. The molecule has 0 aromatic carbocycles. The van der Waals surface area contributed by atoms with E-state index >= 15 is 0 Å². The minimum atomic E-state index is -0.859. The molecule has 0 saturated heterocycles. The van der Waals surface area contributed by atoms with Crippen LogP contribution in [0.3, 0.4) is 0 Å². The van der Waals surface area contributed by atoms with Crippen LogP contribution in [0.25, 0.3) is 0 Å². The van der Waals surface area contributed by atoms with Gasteiger partial charge in [0.2, 0.25) is 5.88 Å². The number of hydrogen-bond acceptors (Lipinski definition) is 6. The summed E-state index contributed by atoms with van der Waals surface area (Å²) in [6, 6.07) is 0. The molecule has 0 amide bonds. The highest BCUT2D eigenvalue weighted by atomic mass is 16.5. The summed E-state index contributed by atoms with van der Waals surface area (Å²) in [5.41, 5.74) is 0. The third kappa shape index (κ3) is 4.17. The number of hydrogen-bond donors (Lipinski definition) is 2. The number of aliphatic carboxylic acids is 1. The van der Waals surface area contributed by atoms with E-state index in [9.17, 15) is 4.79 Å².